The monoisotopic (exact) mass is 584 g/mol. The van der Waals surface area contributed by atoms with Crippen molar-refractivity contribution in [1.82, 2.24) is 14.8 Å². The number of rotatable bonds is 6. The number of hydrogen-bond acceptors (Lipinski definition) is 10. The molecule has 0 radical (unpaired) electrons. The third-order valence-electron chi connectivity index (χ3n) is 9.32. The van der Waals surface area contributed by atoms with Crippen LogP contribution in [0, 0.1) is 0 Å². The van der Waals surface area contributed by atoms with E-state index in [9.17, 15) is 0 Å². The number of piperidine rings is 1. The average molecular weight is 585 g/mol. The molecule has 2 atom stereocenters. The minimum Gasteiger partial charge on any atom is -0.496 e. The van der Waals surface area contributed by atoms with Gasteiger partial charge in [-0.25, -0.2) is 4.99 Å². The van der Waals surface area contributed by atoms with Gasteiger partial charge in [0.25, 0.3) is 0 Å². The van der Waals surface area contributed by atoms with Crippen molar-refractivity contribution < 1.29 is 4.74 Å². The van der Waals surface area contributed by atoms with Gasteiger partial charge in [-0.1, -0.05) is 30.3 Å². The second-order valence-electron chi connectivity index (χ2n) is 11.7. The highest BCUT2D eigenvalue weighted by Gasteiger charge is 2.51. The first kappa shape index (κ1) is 27.2. The molecule has 2 aromatic carbocycles. The second-order valence-corrected chi connectivity index (χ2v) is 12.6. The maximum Gasteiger partial charge on any atom is 0.217 e. The number of nitrogens with two attached hydrogens (primary N) is 1. The van der Waals surface area contributed by atoms with E-state index in [1.807, 2.05) is 12.3 Å². The molecular formula is C32H40N8OS. The summed E-state index contributed by atoms with van der Waals surface area (Å²) >= 11 is 1.66. The van der Waals surface area contributed by atoms with Gasteiger partial charge in [0.15, 0.2) is 5.96 Å². The number of ether oxygens (including phenoxy) is 1. The molecule has 10 heteroatoms. The number of nitrogens with zero attached hydrogens (tertiary/aromatic N) is 6. The SMILES string of the molecule is COc1cc(N2CCC(N3CCN(C)CC3)CC2)ccc1C1(N2N=CCC2c2ccccc2)N=C(N)Nc2ccsc21. The average Bonchev–Trinajstić information content (AvgIpc) is 3.72. The van der Waals surface area contributed by atoms with Gasteiger partial charge in [0.05, 0.1) is 23.7 Å². The quantitative estimate of drug-likeness (QED) is 0.446. The second kappa shape index (κ2) is 11.2. The normalized spacial score (nSPS) is 25.3. The van der Waals surface area contributed by atoms with Crippen LogP contribution in [0.3, 0.4) is 0 Å². The van der Waals surface area contributed by atoms with Crippen molar-refractivity contribution in [3.05, 3.63) is 76.0 Å². The lowest BCUT2D eigenvalue weighted by molar-refractivity contribution is 0.0964. The number of guanidine groups is 1. The molecule has 1 aromatic heterocycles. The summed E-state index contributed by atoms with van der Waals surface area (Å²) in [6, 6.07) is 19.9. The van der Waals surface area contributed by atoms with Crippen LogP contribution in [0.2, 0.25) is 0 Å². The van der Waals surface area contributed by atoms with Crippen molar-refractivity contribution in [2.45, 2.75) is 37.0 Å². The van der Waals surface area contributed by atoms with Gasteiger partial charge in [-0.3, -0.25) is 9.91 Å². The minimum absolute atomic E-state index is 0.00813. The largest absolute Gasteiger partial charge is 0.496 e. The van der Waals surface area contributed by atoms with Crippen molar-refractivity contribution in [2.24, 2.45) is 15.8 Å². The van der Waals surface area contributed by atoms with E-state index in [1.54, 1.807) is 18.4 Å². The van der Waals surface area contributed by atoms with Crippen molar-refractivity contribution >= 4 is 34.9 Å². The summed E-state index contributed by atoms with van der Waals surface area (Å²) in [5.41, 5.74) is 9.81. The van der Waals surface area contributed by atoms with Crippen molar-refractivity contribution in [2.75, 3.05) is 63.6 Å². The topological polar surface area (TPSA) is 85.0 Å². The van der Waals surface area contributed by atoms with E-state index in [2.05, 4.69) is 86.0 Å². The van der Waals surface area contributed by atoms with Gasteiger partial charge in [-0.15, -0.1) is 11.3 Å². The standard InChI is InChI=1S/C32H40N8OS/c1-37-17-19-39(20-18-37)24-11-15-38(16-12-24)25-8-9-26(29(22-25)41-2)32(30-27(13-21-42-30)35-31(33)36-32)40-28(10-14-34-40)23-6-4-3-5-7-23/h3-9,13-14,21-22,24,28H,10-12,15-20H2,1-2H3,(H3,33,35,36). The molecule has 2 fully saturated rings. The van der Waals surface area contributed by atoms with Crippen LogP contribution in [0.25, 0.3) is 0 Å². The number of fused-ring (bicyclic) bond motifs is 1. The highest BCUT2D eigenvalue weighted by molar-refractivity contribution is 7.10. The molecule has 2 unspecified atom stereocenters. The van der Waals surface area contributed by atoms with Crippen LogP contribution in [0.15, 0.2) is 70.1 Å². The zero-order valence-corrected chi connectivity index (χ0v) is 25.3. The molecule has 4 aliphatic rings. The summed E-state index contributed by atoms with van der Waals surface area (Å²) in [7, 11) is 3.98. The van der Waals surface area contributed by atoms with Crippen LogP contribution < -0.4 is 20.7 Å². The highest BCUT2D eigenvalue weighted by Crippen LogP contribution is 2.53. The number of methoxy groups -OCH3 is 1. The molecule has 4 aliphatic heterocycles. The van der Waals surface area contributed by atoms with Gasteiger partial charge >= 0.3 is 0 Å². The lowest BCUT2D eigenvalue weighted by Crippen LogP contribution is -2.52. The molecule has 0 aliphatic carbocycles. The van der Waals surface area contributed by atoms with Crippen LogP contribution in [0.4, 0.5) is 11.4 Å². The van der Waals surface area contributed by atoms with Gasteiger partial charge in [0, 0.05) is 75.3 Å². The third-order valence-corrected chi connectivity index (χ3v) is 10.3. The van der Waals surface area contributed by atoms with Gasteiger partial charge in [-0.05, 0) is 49.0 Å². The summed E-state index contributed by atoms with van der Waals surface area (Å²) in [4.78, 5) is 13.9. The smallest absolute Gasteiger partial charge is 0.217 e. The number of hydrazone groups is 1. The maximum absolute atomic E-state index is 6.50. The molecule has 220 valence electrons. The fourth-order valence-electron chi connectivity index (χ4n) is 7.05. The summed E-state index contributed by atoms with van der Waals surface area (Å²) in [6.07, 6.45) is 5.15. The number of likely N-dealkylation sites (N-methyl/N-ethyl adjacent to an activating group) is 1. The Bertz CT molecular complexity index is 1460. The molecule has 7 rings (SSSR count). The molecule has 0 spiro atoms. The van der Waals surface area contributed by atoms with E-state index in [-0.39, 0.29) is 6.04 Å². The zero-order valence-electron chi connectivity index (χ0n) is 24.4. The minimum atomic E-state index is -0.968. The Morgan fingerprint density at radius 1 is 1.00 bits per heavy atom. The Labute approximate surface area is 252 Å². The molecular weight excluding hydrogens is 544 g/mol. The first-order chi connectivity index (χ1) is 20.6. The Morgan fingerprint density at radius 2 is 1.79 bits per heavy atom. The third kappa shape index (κ3) is 4.71. The van der Waals surface area contributed by atoms with E-state index in [4.69, 9.17) is 20.6 Å². The van der Waals surface area contributed by atoms with Gasteiger partial charge < -0.3 is 25.6 Å². The van der Waals surface area contributed by atoms with E-state index < -0.39 is 5.66 Å². The first-order valence-electron chi connectivity index (χ1n) is 15.0. The Hall–Kier alpha value is -3.60. The molecule has 5 heterocycles. The van der Waals surface area contributed by atoms with Crippen molar-refractivity contribution in [3.63, 3.8) is 0 Å². The Kier molecular flexibility index (Phi) is 7.29. The molecule has 42 heavy (non-hydrogen) atoms. The predicted octanol–water partition coefficient (Wildman–Crippen LogP) is 4.35. The van der Waals surface area contributed by atoms with Gasteiger partial charge in [0.2, 0.25) is 5.66 Å². The highest BCUT2D eigenvalue weighted by atomic mass is 32.1. The molecule has 3 N–H and O–H groups in total. The van der Waals surface area contributed by atoms with Gasteiger partial charge in [-0.2, -0.15) is 5.10 Å². The maximum atomic E-state index is 6.50. The van der Waals surface area contributed by atoms with Gasteiger partial charge in [0.1, 0.15) is 5.75 Å². The fraction of sp³-hybridized carbons (Fsp3) is 0.438. The molecule has 0 saturated carbocycles. The molecule has 0 bridgehead atoms. The summed E-state index contributed by atoms with van der Waals surface area (Å²) in [5, 5.41) is 12.5. The molecule has 0 amide bonds. The number of aliphatic imine (C=N–C) groups is 1. The summed E-state index contributed by atoms with van der Waals surface area (Å²) in [6.45, 7) is 6.78. The van der Waals surface area contributed by atoms with E-state index >= 15 is 0 Å². The summed E-state index contributed by atoms with van der Waals surface area (Å²) < 4.78 is 6.16. The van der Waals surface area contributed by atoms with Crippen LogP contribution in [0.5, 0.6) is 5.75 Å². The number of benzene rings is 2. The van der Waals surface area contributed by atoms with E-state index in [0.717, 1.165) is 41.4 Å². The fourth-order valence-corrected chi connectivity index (χ4v) is 8.05. The summed E-state index contributed by atoms with van der Waals surface area (Å²) in [5.74, 6) is 1.16. The van der Waals surface area contributed by atoms with E-state index in [0.29, 0.717) is 12.0 Å². The predicted molar refractivity (Wildman–Crippen MR) is 172 cm³/mol. The number of thiophene rings is 1. The number of piperazine rings is 1. The lowest BCUT2D eigenvalue weighted by atomic mass is 9.91. The van der Waals surface area contributed by atoms with Crippen LogP contribution in [-0.4, -0.2) is 86.5 Å². The zero-order chi connectivity index (χ0) is 28.7. The number of anilines is 2. The Morgan fingerprint density at radius 3 is 2.55 bits per heavy atom. The molecule has 9 nitrogen and oxygen atoms in total. The van der Waals surface area contributed by atoms with E-state index in [1.165, 1.54) is 50.3 Å². The number of hydrogen-bond donors (Lipinski definition) is 2. The Balaban J connectivity index is 1.23. The van der Waals surface area contributed by atoms with Crippen molar-refractivity contribution in [1.29, 1.82) is 0 Å². The van der Waals surface area contributed by atoms with Crippen LogP contribution >= 0.6 is 11.3 Å². The van der Waals surface area contributed by atoms with Crippen molar-refractivity contribution in [3.8, 4) is 5.75 Å². The lowest BCUT2D eigenvalue weighted by Gasteiger charge is -2.44. The number of nitrogens with one attached hydrogen (secondary N) is 1. The molecule has 2 saturated heterocycles. The van der Waals surface area contributed by atoms with Crippen LogP contribution in [0.1, 0.15) is 41.3 Å². The first-order valence-corrected chi connectivity index (χ1v) is 15.9. The van der Waals surface area contributed by atoms with Crippen LogP contribution in [-0.2, 0) is 5.66 Å². The molecule has 3 aromatic rings.